The molecule has 62 valence electrons. The smallest absolute Gasteiger partial charge is 0.197 e. The second kappa shape index (κ2) is 2.83. The van der Waals surface area contributed by atoms with Gasteiger partial charge in [-0.1, -0.05) is 0 Å². The Kier molecular flexibility index (Phi) is 1.94. The normalized spacial score (nSPS) is 10.9. The zero-order valence-corrected chi connectivity index (χ0v) is 8.60. The van der Waals surface area contributed by atoms with Gasteiger partial charge in [0.1, 0.15) is 0 Å². The monoisotopic (exact) mass is 266 g/mol. The van der Waals surface area contributed by atoms with Gasteiger partial charge in [-0.15, -0.1) is 0 Å². The first-order valence-electron chi connectivity index (χ1n) is 2.91. The van der Waals surface area contributed by atoms with E-state index < -0.39 is 0 Å². The van der Waals surface area contributed by atoms with Crippen LogP contribution in [0.1, 0.15) is 0 Å². The van der Waals surface area contributed by atoms with E-state index in [0.29, 0.717) is 5.65 Å². The maximum Gasteiger partial charge on any atom is 0.228 e. The summed E-state index contributed by atoms with van der Waals surface area (Å²) in [5.74, 6) is 0. The van der Waals surface area contributed by atoms with Gasteiger partial charge in [0.25, 0.3) is 0 Å². The second-order valence-corrected chi connectivity index (χ2v) is 3.52. The lowest BCUT2D eigenvalue weighted by molar-refractivity contribution is 0.893. The summed E-state index contributed by atoms with van der Waals surface area (Å²) in [6.07, 6.45) is 1.58. The first kappa shape index (κ1) is 8.22. The molecule has 0 N–H and O–H groups in total. The minimum absolute atomic E-state index is 0.105. The average molecular weight is 268 g/mol. The molecular weight excluding hydrogens is 267 g/mol. The molecule has 0 spiro atoms. The number of fused-ring (bicyclic) bond motifs is 1. The molecule has 0 amide bonds. The summed E-state index contributed by atoms with van der Waals surface area (Å²) in [5.41, 5.74) is 0.556. The van der Waals surface area contributed by atoms with Crippen molar-refractivity contribution in [1.82, 2.24) is 19.6 Å². The molecule has 2 aromatic rings. The number of hydrogen-bond donors (Lipinski definition) is 0. The Hall–Kier alpha value is -0.390. The van der Waals surface area contributed by atoms with E-state index in [1.54, 1.807) is 6.20 Å². The van der Waals surface area contributed by atoms with E-state index in [4.69, 9.17) is 23.2 Å². The van der Waals surface area contributed by atoms with Crippen molar-refractivity contribution in [3.63, 3.8) is 0 Å². The third-order valence-corrected chi connectivity index (χ3v) is 2.23. The highest BCUT2D eigenvalue weighted by Gasteiger charge is 2.07. The van der Waals surface area contributed by atoms with E-state index in [1.807, 2.05) is 0 Å². The van der Waals surface area contributed by atoms with Crippen molar-refractivity contribution in [2.75, 3.05) is 0 Å². The van der Waals surface area contributed by atoms with Crippen LogP contribution in [0.2, 0.25) is 10.6 Å². The fourth-order valence-electron chi connectivity index (χ4n) is 0.794. The maximum absolute atomic E-state index is 5.72. The molecule has 7 heteroatoms. The molecule has 0 aliphatic heterocycles. The molecule has 0 bridgehead atoms. The summed E-state index contributed by atoms with van der Waals surface area (Å²) in [7, 11) is 0. The Bertz CT molecular complexity index is 440. The van der Waals surface area contributed by atoms with Gasteiger partial charge in [0.15, 0.2) is 5.65 Å². The van der Waals surface area contributed by atoms with Gasteiger partial charge in [0.05, 0.1) is 10.7 Å². The van der Waals surface area contributed by atoms with Crippen LogP contribution < -0.4 is 0 Å². The van der Waals surface area contributed by atoms with E-state index in [9.17, 15) is 0 Å². The van der Waals surface area contributed by atoms with Crippen LogP contribution >= 0.6 is 39.1 Å². The Morgan fingerprint density at radius 2 is 2.08 bits per heavy atom. The largest absolute Gasteiger partial charge is 0.228 e. The fraction of sp³-hybridized carbons (Fsp3) is 0. The standard InChI is InChI=1S/C5HBrCl2N4/c6-2-1-9-12-3(2)10-4(7)11-5(12)8/h1H. The lowest BCUT2D eigenvalue weighted by Crippen LogP contribution is -1.95. The quantitative estimate of drug-likeness (QED) is 0.735. The highest BCUT2D eigenvalue weighted by atomic mass is 79.9. The van der Waals surface area contributed by atoms with Crippen LogP contribution in [0.5, 0.6) is 0 Å². The SMILES string of the molecule is Clc1nc(Cl)n2ncc(Br)c2n1. The molecule has 0 aliphatic carbocycles. The number of rotatable bonds is 0. The fourth-order valence-corrected chi connectivity index (χ4v) is 1.55. The predicted molar refractivity (Wildman–Crippen MR) is 48.5 cm³/mol. The minimum Gasteiger partial charge on any atom is -0.197 e. The number of aromatic nitrogens is 4. The van der Waals surface area contributed by atoms with Crippen molar-refractivity contribution in [3.05, 3.63) is 21.2 Å². The summed E-state index contributed by atoms with van der Waals surface area (Å²) in [4.78, 5) is 7.63. The van der Waals surface area contributed by atoms with E-state index in [2.05, 4.69) is 31.0 Å². The molecule has 0 saturated heterocycles. The van der Waals surface area contributed by atoms with E-state index in [1.165, 1.54) is 4.52 Å². The van der Waals surface area contributed by atoms with Crippen LogP contribution in [0.4, 0.5) is 0 Å². The zero-order valence-electron chi connectivity index (χ0n) is 5.50. The molecule has 2 rings (SSSR count). The van der Waals surface area contributed by atoms with Gasteiger partial charge in [0, 0.05) is 0 Å². The summed E-state index contributed by atoms with van der Waals surface area (Å²) in [6, 6.07) is 0. The van der Waals surface area contributed by atoms with Crippen LogP contribution in [0, 0.1) is 0 Å². The molecular formula is C5HBrCl2N4. The first-order valence-corrected chi connectivity index (χ1v) is 4.45. The Morgan fingerprint density at radius 3 is 2.83 bits per heavy atom. The van der Waals surface area contributed by atoms with E-state index >= 15 is 0 Å². The third kappa shape index (κ3) is 1.18. The lowest BCUT2D eigenvalue weighted by atomic mass is 10.7. The van der Waals surface area contributed by atoms with Gasteiger partial charge < -0.3 is 0 Å². The van der Waals surface area contributed by atoms with E-state index in [0.717, 1.165) is 4.47 Å². The Balaban J connectivity index is 2.92. The van der Waals surface area contributed by atoms with Gasteiger partial charge >= 0.3 is 0 Å². The number of nitrogens with zero attached hydrogens (tertiary/aromatic N) is 4. The van der Waals surface area contributed by atoms with Gasteiger partial charge in [-0.2, -0.15) is 19.6 Å². The van der Waals surface area contributed by atoms with Gasteiger partial charge in [-0.05, 0) is 39.1 Å². The van der Waals surface area contributed by atoms with Crippen molar-refractivity contribution in [2.24, 2.45) is 0 Å². The summed E-state index contributed by atoms with van der Waals surface area (Å²) in [5, 5.41) is 4.21. The highest BCUT2D eigenvalue weighted by molar-refractivity contribution is 9.10. The molecule has 4 nitrogen and oxygen atoms in total. The molecule has 2 heterocycles. The van der Waals surface area contributed by atoms with Crippen LogP contribution in [0.25, 0.3) is 5.65 Å². The summed E-state index contributed by atoms with van der Waals surface area (Å²) >= 11 is 14.5. The van der Waals surface area contributed by atoms with Crippen LogP contribution in [0.3, 0.4) is 0 Å². The Labute approximate surface area is 85.7 Å². The molecule has 0 saturated carbocycles. The number of halogens is 3. The van der Waals surface area contributed by atoms with Gasteiger partial charge in [-0.3, -0.25) is 0 Å². The predicted octanol–water partition coefficient (Wildman–Crippen LogP) is 2.19. The molecule has 0 aliphatic rings. The van der Waals surface area contributed by atoms with Crippen molar-refractivity contribution in [1.29, 1.82) is 0 Å². The topological polar surface area (TPSA) is 43.1 Å². The molecule has 0 unspecified atom stereocenters. The van der Waals surface area contributed by atoms with Crippen LogP contribution in [-0.4, -0.2) is 19.6 Å². The molecule has 0 fully saturated rings. The highest BCUT2D eigenvalue weighted by Crippen LogP contribution is 2.19. The lowest BCUT2D eigenvalue weighted by Gasteiger charge is -1.95. The van der Waals surface area contributed by atoms with Crippen LogP contribution in [0.15, 0.2) is 10.7 Å². The average Bonchev–Trinajstić information content (AvgIpc) is 2.33. The number of hydrogen-bond acceptors (Lipinski definition) is 3. The Morgan fingerprint density at radius 1 is 1.33 bits per heavy atom. The molecule has 2 aromatic heterocycles. The first-order chi connectivity index (χ1) is 5.68. The van der Waals surface area contributed by atoms with Crippen molar-refractivity contribution < 1.29 is 0 Å². The molecule has 12 heavy (non-hydrogen) atoms. The maximum atomic E-state index is 5.72. The van der Waals surface area contributed by atoms with Gasteiger partial charge in [-0.25, -0.2) is 0 Å². The van der Waals surface area contributed by atoms with Crippen molar-refractivity contribution >= 4 is 44.8 Å². The minimum atomic E-state index is 0.105. The van der Waals surface area contributed by atoms with E-state index in [-0.39, 0.29) is 10.6 Å². The molecule has 0 atom stereocenters. The summed E-state index contributed by atoms with van der Waals surface area (Å²) in [6.45, 7) is 0. The third-order valence-electron chi connectivity index (χ3n) is 1.26. The van der Waals surface area contributed by atoms with Crippen molar-refractivity contribution in [3.8, 4) is 0 Å². The zero-order chi connectivity index (χ0) is 8.72. The van der Waals surface area contributed by atoms with Gasteiger partial charge in [0.2, 0.25) is 10.6 Å². The van der Waals surface area contributed by atoms with Crippen molar-refractivity contribution in [2.45, 2.75) is 0 Å². The van der Waals surface area contributed by atoms with Crippen LogP contribution in [-0.2, 0) is 0 Å². The second-order valence-electron chi connectivity index (χ2n) is 1.99. The molecule has 0 radical (unpaired) electrons. The summed E-state index contributed by atoms with van der Waals surface area (Å²) < 4.78 is 2.12. The molecule has 0 aromatic carbocycles.